The maximum absolute atomic E-state index is 12.9. The van der Waals surface area contributed by atoms with Gasteiger partial charge in [-0.05, 0) is 52.7 Å². The summed E-state index contributed by atoms with van der Waals surface area (Å²) in [6.07, 6.45) is 24.1. The molecular weight excluding hydrogens is 560 g/mol. The molecule has 0 radical (unpaired) electrons. The molecule has 0 aliphatic heterocycles. The monoisotopic (exact) mass is 612 g/mol. The van der Waals surface area contributed by atoms with Gasteiger partial charge in [-0.3, -0.25) is 9.59 Å². The third kappa shape index (κ3) is 10.8. The molecule has 0 amide bonds. The molecule has 3 N–H and O–H groups in total. The van der Waals surface area contributed by atoms with Crippen LogP contribution in [0.3, 0.4) is 0 Å². The van der Waals surface area contributed by atoms with Crippen LogP contribution in [0.2, 0.25) is 0 Å². The lowest BCUT2D eigenvalue weighted by Gasteiger charge is -2.36. The van der Waals surface area contributed by atoms with E-state index in [0.29, 0.717) is 18.4 Å². The highest BCUT2D eigenvalue weighted by molar-refractivity contribution is 6.01. The number of hydrogen-bond acceptors (Lipinski definition) is 5. The van der Waals surface area contributed by atoms with Gasteiger partial charge in [-0.25, -0.2) is 0 Å². The van der Waals surface area contributed by atoms with Crippen molar-refractivity contribution in [3.05, 3.63) is 106 Å². The Morgan fingerprint density at radius 2 is 1.40 bits per heavy atom. The van der Waals surface area contributed by atoms with E-state index in [1.165, 1.54) is 6.08 Å². The highest BCUT2D eigenvalue weighted by atomic mass is 16.3. The van der Waals surface area contributed by atoms with Crippen LogP contribution in [0.15, 0.2) is 106 Å². The summed E-state index contributed by atoms with van der Waals surface area (Å²) in [6, 6.07) is 0. The van der Waals surface area contributed by atoms with Gasteiger partial charge in [0, 0.05) is 46.8 Å². The smallest absolute Gasteiger partial charge is 0.162 e. The van der Waals surface area contributed by atoms with Gasteiger partial charge in [0.05, 0.1) is 12.7 Å². The summed E-state index contributed by atoms with van der Waals surface area (Å²) in [5.74, 6) is 6.25. The molecule has 2 aliphatic rings. The van der Waals surface area contributed by atoms with Gasteiger partial charge in [-0.15, -0.1) is 0 Å². The first-order chi connectivity index (χ1) is 21.1. The summed E-state index contributed by atoms with van der Waals surface area (Å²) >= 11 is 0. The molecule has 0 aromatic heterocycles. The molecule has 0 saturated heterocycles. The van der Waals surface area contributed by atoms with Gasteiger partial charge in [-0.2, -0.15) is 0 Å². The van der Waals surface area contributed by atoms with Crippen LogP contribution in [0.5, 0.6) is 0 Å². The fourth-order valence-corrected chi connectivity index (χ4v) is 5.90. The minimum atomic E-state index is -0.886. The molecule has 0 spiro atoms. The number of aliphatic hydroxyl groups excluding tert-OH is 3. The second-order valence-electron chi connectivity index (χ2n) is 13.7. The SMILES string of the molecule is CC1=C(C#C\C(=C/C=C/C(C)=C/C=C/C=C(C)/C=C/C=C(C)/C=C/C(=O)[C@]2(C)CC(=O)C[C@@]2(C)CO)CO)C(C)(C)C[C@H](O)C1. The lowest BCUT2D eigenvalue weighted by Crippen LogP contribution is -2.41. The van der Waals surface area contributed by atoms with E-state index in [-0.39, 0.29) is 49.1 Å². The number of carbonyl (C=O) groups is 2. The van der Waals surface area contributed by atoms with E-state index < -0.39 is 10.8 Å². The zero-order valence-electron chi connectivity index (χ0n) is 28.4. The Morgan fingerprint density at radius 3 is 1.96 bits per heavy atom. The lowest BCUT2D eigenvalue weighted by atomic mass is 9.66. The fourth-order valence-electron chi connectivity index (χ4n) is 5.90. The zero-order valence-corrected chi connectivity index (χ0v) is 28.4. The summed E-state index contributed by atoms with van der Waals surface area (Å²) in [5, 5.41) is 29.7. The van der Waals surface area contributed by atoms with Gasteiger partial charge in [0.1, 0.15) is 5.78 Å². The predicted molar refractivity (Wildman–Crippen MR) is 185 cm³/mol. The molecule has 0 heterocycles. The molecule has 5 heteroatoms. The van der Waals surface area contributed by atoms with Crippen molar-refractivity contribution in [2.75, 3.05) is 13.2 Å². The maximum atomic E-state index is 12.9. The number of rotatable bonds is 11. The number of ketones is 2. The molecule has 0 aromatic carbocycles. The Hall–Kier alpha value is -3.56. The highest BCUT2D eigenvalue weighted by Crippen LogP contribution is 2.51. The molecule has 0 aromatic rings. The van der Waals surface area contributed by atoms with Crippen LogP contribution in [0.4, 0.5) is 0 Å². The van der Waals surface area contributed by atoms with Crippen molar-refractivity contribution in [1.29, 1.82) is 0 Å². The van der Waals surface area contributed by atoms with E-state index in [2.05, 4.69) is 25.7 Å². The first kappa shape index (κ1) is 37.6. The Labute approximate surface area is 270 Å². The second-order valence-corrected chi connectivity index (χ2v) is 13.7. The molecule has 2 rings (SSSR count). The third-order valence-corrected chi connectivity index (χ3v) is 8.97. The van der Waals surface area contributed by atoms with Crippen LogP contribution in [0.25, 0.3) is 0 Å². The van der Waals surface area contributed by atoms with Gasteiger partial charge < -0.3 is 15.3 Å². The summed E-state index contributed by atoms with van der Waals surface area (Å²) in [6.45, 7) is 15.4. The van der Waals surface area contributed by atoms with E-state index in [4.69, 9.17) is 0 Å². The zero-order chi connectivity index (χ0) is 33.8. The van der Waals surface area contributed by atoms with Gasteiger partial charge in [-0.1, -0.05) is 123 Å². The maximum Gasteiger partial charge on any atom is 0.162 e. The van der Waals surface area contributed by atoms with Crippen molar-refractivity contribution in [3.8, 4) is 11.8 Å². The van der Waals surface area contributed by atoms with E-state index in [0.717, 1.165) is 27.9 Å². The van der Waals surface area contributed by atoms with Crippen LogP contribution in [0, 0.1) is 28.1 Å². The first-order valence-electron chi connectivity index (χ1n) is 15.7. The van der Waals surface area contributed by atoms with Gasteiger partial charge in [0.15, 0.2) is 5.78 Å². The summed E-state index contributed by atoms with van der Waals surface area (Å²) in [7, 11) is 0. The third-order valence-electron chi connectivity index (χ3n) is 8.97. The summed E-state index contributed by atoms with van der Waals surface area (Å²) in [5.41, 5.74) is 4.00. The van der Waals surface area contributed by atoms with Crippen molar-refractivity contribution >= 4 is 11.6 Å². The fraction of sp³-hybridized carbons (Fsp3) is 0.450. The van der Waals surface area contributed by atoms with Crippen LogP contribution >= 0.6 is 0 Å². The van der Waals surface area contributed by atoms with Crippen molar-refractivity contribution in [2.24, 2.45) is 16.2 Å². The minimum Gasteiger partial charge on any atom is -0.396 e. The standard InChI is InChI=1S/C40H52O5/c1-29(15-11-16-31(3)19-22-37(45)40(8)26-35(44)25-39(40,7)28-42)13-9-10-14-30(2)17-12-18-33(27-41)20-21-36-32(4)23-34(43)24-38(36,5)6/h9-19,22,34,41-43H,23-28H2,1-8H3/b10-9+,15-11+,17-12+,22-19+,29-13+,30-14+,31-16+,33-18+/t34-,39+,40+/m1/s1. The summed E-state index contributed by atoms with van der Waals surface area (Å²) in [4.78, 5) is 25.0. The van der Waals surface area contributed by atoms with E-state index in [1.54, 1.807) is 19.9 Å². The molecule has 0 unspecified atom stereocenters. The molecule has 1 saturated carbocycles. The van der Waals surface area contributed by atoms with Crippen molar-refractivity contribution in [1.82, 2.24) is 0 Å². The number of allylic oxidation sites excluding steroid dienone is 16. The summed E-state index contributed by atoms with van der Waals surface area (Å²) < 4.78 is 0. The Balaban J connectivity index is 1.95. The minimum absolute atomic E-state index is 0.0189. The first-order valence-corrected chi connectivity index (χ1v) is 15.7. The number of aliphatic hydroxyl groups is 3. The lowest BCUT2D eigenvalue weighted by molar-refractivity contribution is -0.130. The molecule has 0 bridgehead atoms. The van der Waals surface area contributed by atoms with Crippen molar-refractivity contribution in [3.63, 3.8) is 0 Å². The molecule has 3 atom stereocenters. The van der Waals surface area contributed by atoms with Crippen molar-refractivity contribution in [2.45, 2.75) is 87.2 Å². The van der Waals surface area contributed by atoms with Gasteiger partial charge in [0.2, 0.25) is 0 Å². The molecule has 1 fully saturated rings. The topological polar surface area (TPSA) is 94.8 Å². The molecule has 5 nitrogen and oxygen atoms in total. The normalized spacial score (nSPS) is 27.0. The Morgan fingerprint density at radius 1 is 0.844 bits per heavy atom. The van der Waals surface area contributed by atoms with Crippen molar-refractivity contribution < 1.29 is 24.9 Å². The van der Waals surface area contributed by atoms with Crippen LogP contribution in [-0.2, 0) is 9.59 Å². The molecule has 2 aliphatic carbocycles. The average molecular weight is 613 g/mol. The Bertz CT molecular complexity index is 1460. The van der Waals surface area contributed by atoms with E-state index in [9.17, 15) is 24.9 Å². The molecular formula is C40H52O5. The largest absolute Gasteiger partial charge is 0.396 e. The Kier molecular flexibility index (Phi) is 13.9. The van der Waals surface area contributed by atoms with Gasteiger partial charge in [0.25, 0.3) is 0 Å². The van der Waals surface area contributed by atoms with Crippen LogP contribution in [-0.4, -0.2) is 46.2 Å². The van der Waals surface area contributed by atoms with Crippen LogP contribution < -0.4 is 0 Å². The average Bonchev–Trinajstić information content (AvgIpc) is 3.20. The van der Waals surface area contributed by atoms with Crippen LogP contribution in [0.1, 0.15) is 81.1 Å². The number of carbonyl (C=O) groups excluding carboxylic acids is 2. The quantitative estimate of drug-likeness (QED) is 0.128. The molecule has 45 heavy (non-hydrogen) atoms. The predicted octanol–water partition coefficient (Wildman–Crippen LogP) is 7.41. The van der Waals surface area contributed by atoms with E-state index >= 15 is 0 Å². The highest BCUT2D eigenvalue weighted by Gasteiger charge is 2.55. The number of hydrogen-bond donors (Lipinski definition) is 3. The van der Waals surface area contributed by atoms with E-state index in [1.807, 2.05) is 88.5 Å². The number of Topliss-reactive ketones (excluding diaryl/α,β-unsaturated/α-hetero) is 1. The molecule has 242 valence electrons. The van der Waals surface area contributed by atoms with Gasteiger partial charge >= 0.3 is 0 Å². The second kappa shape index (κ2) is 16.7.